The van der Waals surface area contributed by atoms with Crippen LogP contribution in [0.15, 0.2) is 0 Å². The van der Waals surface area contributed by atoms with Crippen molar-refractivity contribution in [1.82, 2.24) is 26.2 Å². The van der Waals surface area contributed by atoms with E-state index in [1.807, 2.05) is 0 Å². The summed E-state index contributed by atoms with van der Waals surface area (Å²) < 4.78 is 25.5. The van der Waals surface area contributed by atoms with E-state index < -0.39 is 53.3 Å². The molecule has 0 aromatic rings. The normalized spacial score (nSPS) is 14.9. The van der Waals surface area contributed by atoms with Gasteiger partial charge in [-0.1, -0.05) is 0 Å². The number of aliphatic carboxylic acids is 1. The highest BCUT2D eigenvalue weighted by atomic mass is 32.2. The number of thioether (sulfide) groups is 1. The number of nitrogens with two attached hydrogens (primary N) is 1. The van der Waals surface area contributed by atoms with Crippen LogP contribution in [0.5, 0.6) is 0 Å². The molecule has 1 aliphatic heterocycles. The Hall–Kier alpha value is -3.72. The van der Waals surface area contributed by atoms with Gasteiger partial charge in [-0.3, -0.25) is 28.9 Å². The van der Waals surface area contributed by atoms with Crippen LogP contribution >= 0.6 is 11.8 Å². The van der Waals surface area contributed by atoms with Crippen LogP contribution in [0.3, 0.4) is 0 Å². The van der Waals surface area contributed by atoms with Gasteiger partial charge in [0, 0.05) is 78.6 Å². The highest BCUT2D eigenvalue weighted by molar-refractivity contribution is 8.00. The number of imide groups is 1. The lowest BCUT2D eigenvalue weighted by Gasteiger charge is -2.18. The highest BCUT2D eigenvalue weighted by Gasteiger charge is 2.39. The molecular weight excluding hydrogens is 648 g/mol. The zero-order chi connectivity index (χ0) is 35.0. The lowest BCUT2D eigenvalue weighted by Crippen LogP contribution is -2.38. The summed E-state index contributed by atoms with van der Waals surface area (Å²) in [6.45, 7) is 0.889. The van der Waals surface area contributed by atoms with Crippen molar-refractivity contribution in [2.24, 2.45) is 5.73 Å². The van der Waals surface area contributed by atoms with Gasteiger partial charge in [-0.25, -0.2) is 9.59 Å². The third-order valence-electron chi connectivity index (χ3n) is 6.18. The number of alkyl carbamates (subject to hydrolysis) is 2. The minimum absolute atomic E-state index is 0.0250. The molecule has 0 aromatic carbocycles. The van der Waals surface area contributed by atoms with Gasteiger partial charge in [-0.2, -0.15) is 0 Å². The van der Waals surface area contributed by atoms with E-state index >= 15 is 0 Å². The number of nitrogens with one attached hydrogen (secondary N) is 4. The fourth-order valence-electron chi connectivity index (χ4n) is 3.68. The lowest BCUT2D eigenvalue weighted by molar-refractivity contribution is -0.139. The third kappa shape index (κ3) is 18.9. The molecule has 0 aliphatic carbocycles. The predicted molar refractivity (Wildman–Crippen MR) is 165 cm³/mol. The van der Waals surface area contributed by atoms with Crippen molar-refractivity contribution >= 4 is 53.5 Å². The molecular formula is C27H46N6O13S. The van der Waals surface area contributed by atoms with Crippen LogP contribution in [0, 0.1) is 0 Å². The molecule has 2 atom stereocenters. The molecule has 2 unspecified atom stereocenters. The smallest absolute Gasteiger partial charge is 0.407 e. The summed E-state index contributed by atoms with van der Waals surface area (Å²) in [6.07, 6.45) is -2.02. The molecule has 7 N–H and O–H groups in total. The molecule has 1 rings (SSSR count). The van der Waals surface area contributed by atoms with Crippen molar-refractivity contribution in [2.75, 3.05) is 85.7 Å². The van der Waals surface area contributed by atoms with Crippen molar-refractivity contribution in [3.63, 3.8) is 0 Å². The molecule has 20 heteroatoms. The van der Waals surface area contributed by atoms with E-state index in [4.69, 9.17) is 34.5 Å². The van der Waals surface area contributed by atoms with E-state index in [0.29, 0.717) is 19.6 Å². The Morgan fingerprint density at radius 1 is 0.872 bits per heavy atom. The van der Waals surface area contributed by atoms with Crippen LogP contribution in [-0.2, 0) is 47.7 Å². The summed E-state index contributed by atoms with van der Waals surface area (Å²) in [5.74, 6) is -2.89. The van der Waals surface area contributed by atoms with Gasteiger partial charge in [0.2, 0.25) is 23.6 Å². The van der Waals surface area contributed by atoms with Crippen molar-refractivity contribution in [3.8, 4) is 0 Å². The standard InChI is InChI=1S/C27H46N6O13S/c1-42-12-8-31-26(40)45-15-18(16-46-27(41)32-9-13-43-2)44-11-3-4-21(34)29-6-7-30-22(35)5-10-33-23(36)14-20(24(33)37)47-17-19(28)25(38)39/h18-20H,3-17,28H2,1-2H3,(H,29,34)(H,30,35)(H,31,40)(H,32,41)(H,38,39). The lowest BCUT2D eigenvalue weighted by atomic mass is 10.3. The molecule has 47 heavy (non-hydrogen) atoms. The van der Waals surface area contributed by atoms with E-state index in [0.717, 1.165) is 16.7 Å². The van der Waals surface area contributed by atoms with E-state index in [2.05, 4.69) is 21.3 Å². The number of amides is 6. The van der Waals surface area contributed by atoms with E-state index in [-0.39, 0.29) is 83.5 Å². The molecule has 1 aliphatic rings. The number of methoxy groups -OCH3 is 2. The molecule has 268 valence electrons. The molecule has 1 saturated heterocycles. The summed E-state index contributed by atoms with van der Waals surface area (Å²) in [5.41, 5.74) is 5.44. The van der Waals surface area contributed by atoms with Gasteiger partial charge in [0.1, 0.15) is 25.4 Å². The van der Waals surface area contributed by atoms with Gasteiger partial charge in [-0.05, 0) is 6.42 Å². The maximum Gasteiger partial charge on any atom is 0.407 e. The van der Waals surface area contributed by atoms with Crippen LogP contribution in [0.2, 0.25) is 0 Å². The second-order valence-electron chi connectivity index (χ2n) is 9.94. The zero-order valence-electron chi connectivity index (χ0n) is 26.6. The largest absolute Gasteiger partial charge is 0.480 e. The van der Waals surface area contributed by atoms with Gasteiger partial charge in [0.05, 0.1) is 18.5 Å². The van der Waals surface area contributed by atoms with Crippen LogP contribution in [-0.4, -0.2) is 155 Å². The summed E-state index contributed by atoms with van der Waals surface area (Å²) in [6, 6.07) is -1.15. The summed E-state index contributed by atoms with van der Waals surface area (Å²) in [4.78, 5) is 84.4. The molecule has 19 nitrogen and oxygen atoms in total. The second-order valence-corrected chi connectivity index (χ2v) is 11.2. The summed E-state index contributed by atoms with van der Waals surface area (Å²) in [7, 11) is 2.97. The monoisotopic (exact) mass is 694 g/mol. The molecule has 0 spiro atoms. The summed E-state index contributed by atoms with van der Waals surface area (Å²) >= 11 is 0.996. The Morgan fingerprint density at radius 2 is 1.43 bits per heavy atom. The predicted octanol–water partition coefficient (Wildman–Crippen LogP) is -2.21. The maximum absolute atomic E-state index is 12.5. The first-order chi connectivity index (χ1) is 22.5. The number of nitrogens with zero attached hydrogens (tertiary/aromatic N) is 1. The first kappa shape index (κ1) is 41.3. The number of carbonyl (C=O) groups excluding carboxylic acids is 6. The van der Waals surface area contributed by atoms with Gasteiger partial charge in [-0.15, -0.1) is 11.8 Å². The van der Waals surface area contributed by atoms with Gasteiger partial charge >= 0.3 is 18.2 Å². The average molecular weight is 695 g/mol. The Labute approximate surface area is 276 Å². The fraction of sp³-hybridized carbons (Fsp3) is 0.741. The summed E-state index contributed by atoms with van der Waals surface area (Å²) in [5, 5.41) is 18.3. The molecule has 1 fully saturated rings. The molecule has 0 bridgehead atoms. The van der Waals surface area contributed by atoms with Crippen LogP contribution in [0.25, 0.3) is 0 Å². The van der Waals surface area contributed by atoms with Gasteiger partial charge < -0.3 is 55.8 Å². The highest BCUT2D eigenvalue weighted by Crippen LogP contribution is 2.25. The Bertz CT molecular complexity index is 1010. The third-order valence-corrected chi connectivity index (χ3v) is 7.50. The average Bonchev–Trinajstić information content (AvgIpc) is 3.31. The quantitative estimate of drug-likeness (QED) is 0.0437. The van der Waals surface area contributed by atoms with Crippen molar-refractivity contribution in [1.29, 1.82) is 0 Å². The number of hydrogen-bond donors (Lipinski definition) is 6. The fourth-order valence-corrected chi connectivity index (χ4v) is 4.79. The maximum atomic E-state index is 12.5. The van der Waals surface area contributed by atoms with Crippen molar-refractivity contribution in [2.45, 2.75) is 43.1 Å². The second kappa shape index (κ2) is 24.5. The number of rotatable bonds is 25. The number of carbonyl (C=O) groups is 7. The van der Waals surface area contributed by atoms with Crippen molar-refractivity contribution < 1.29 is 62.4 Å². The molecule has 0 radical (unpaired) electrons. The van der Waals surface area contributed by atoms with Crippen LogP contribution in [0.4, 0.5) is 9.59 Å². The van der Waals surface area contributed by atoms with E-state index in [1.54, 1.807) is 0 Å². The molecule has 6 amide bonds. The van der Waals surface area contributed by atoms with Gasteiger partial charge in [0.15, 0.2) is 0 Å². The SMILES string of the molecule is COCCNC(=O)OCC(COC(=O)NCCOC)OCCCC(=O)NCCNC(=O)CCN1C(=O)CC(SCC(N)C(=O)O)C1=O. The Kier molecular flexibility index (Phi) is 21.5. The number of carboxylic acids is 1. The zero-order valence-corrected chi connectivity index (χ0v) is 27.4. The number of ether oxygens (including phenoxy) is 5. The first-order valence-electron chi connectivity index (χ1n) is 14.9. The van der Waals surface area contributed by atoms with Crippen LogP contribution < -0.4 is 27.0 Å². The van der Waals surface area contributed by atoms with Crippen LogP contribution in [0.1, 0.15) is 25.7 Å². The molecule has 1 heterocycles. The minimum atomic E-state index is -1.20. The number of likely N-dealkylation sites (tertiary alicyclic amines) is 1. The number of carboxylic acid groups (broad SMARTS) is 1. The van der Waals surface area contributed by atoms with Gasteiger partial charge in [0.25, 0.3) is 0 Å². The molecule has 0 aromatic heterocycles. The Balaban J connectivity index is 2.29. The topological polar surface area (TPSA) is 263 Å². The first-order valence-corrected chi connectivity index (χ1v) is 15.9. The van der Waals surface area contributed by atoms with E-state index in [9.17, 15) is 33.6 Å². The number of hydrogen-bond acceptors (Lipinski definition) is 14. The van der Waals surface area contributed by atoms with Crippen molar-refractivity contribution in [3.05, 3.63) is 0 Å². The minimum Gasteiger partial charge on any atom is -0.480 e. The molecule has 0 saturated carbocycles. The van der Waals surface area contributed by atoms with E-state index in [1.165, 1.54) is 14.2 Å². The Morgan fingerprint density at radius 3 is 1.96 bits per heavy atom.